The Morgan fingerprint density at radius 2 is 2.11 bits per heavy atom. The number of carbonyl (C=O) groups excluding carboxylic acids is 1. The molecule has 19 heavy (non-hydrogen) atoms. The number of amides is 1. The molecule has 4 heteroatoms. The SMILES string of the molecule is C=C1NC(=O)CCC1Nc1ccc(C)c(Cl)c1.CC. The second kappa shape index (κ2) is 7.19. The molecule has 0 saturated carbocycles. The number of nitrogens with one attached hydrogen (secondary N) is 2. The molecule has 0 spiro atoms. The van der Waals surface area contributed by atoms with Gasteiger partial charge in [0.1, 0.15) is 0 Å². The second-order valence-corrected chi connectivity index (χ2v) is 4.68. The number of piperidine rings is 1. The summed E-state index contributed by atoms with van der Waals surface area (Å²) in [5.41, 5.74) is 2.72. The Labute approximate surface area is 120 Å². The van der Waals surface area contributed by atoms with Crippen molar-refractivity contribution in [3.8, 4) is 0 Å². The number of hydrogen-bond donors (Lipinski definition) is 2. The van der Waals surface area contributed by atoms with Gasteiger partial charge in [0.05, 0.1) is 6.04 Å². The van der Waals surface area contributed by atoms with Crippen molar-refractivity contribution >= 4 is 23.2 Å². The van der Waals surface area contributed by atoms with Crippen molar-refractivity contribution in [1.29, 1.82) is 0 Å². The zero-order valence-electron chi connectivity index (χ0n) is 11.7. The van der Waals surface area contributed by atoms with E-state index < -0.39 is 0 Å². The molecule has 2 N–H and O–H groups in total. The number of aryl methyl sites for hydroxylation is 1. The van der Waals surface area contributed by atoms with Crippen LogP contribution < -0.4 is 10.6 Å². The van der Waals surface area contributed by atoms with Gasteiger partial charge in [0, 0.05) is 22.8 Å². The molecular weight excluding hydrogens is 260 g/mol. The Morgan fingerprint density at radius 1 is 1.42 bits per heavy atom. The third-order valence-electron chi connectivity index (χ3n) is 2.89. The first kappa shape index (κ1) is 15.6. The monoisotopic (exact) mass is 280 g/mol. The fourth-order valence-electron chi connectivity index (χ4n) is 1.82. The molecule has 0 aromatic heterocycles. The van der Waals surface area contributed by atoms with Crippen LogP contribution >= 0.6 is 11.6 Å². The molecule has 0 bridgehead atoms. The topological polar surface area (TPSA) is 41.1 Å². The lowest BCUT2D eigenvalue weighted by Gasteiger charge is -2.26. The van der Waals surface area contributed by atoms with E-state index in [4.69, 9.17) is 11.6 Å². The van der Waals surface area contributed by atoms with Gasteiger partial charge in [-0.05, 0) is 31.0 Å². The molecule has 1 heterocycles. The van der Waals surface area contributed by atoms with E-state index in [0.29, 0.717) is 6.42 Å². The van der Waals surface area contributed by atoms with Gasteiger partial charge in [0.2, 0.25) is 5.91 Å². The van der Waals surface area contributed by atoms with Gasteiger partial charge in [-0.3, -0.25) is 4.79 Å². The molecule has 0 radical (unpaired) electrons. The maximum atomic E-state index is 11.1. The summed E-state index contributed by atoms with van der Waals surface area (Å²) >= 11 is 6.06. The van der Waals surface area contributed by atoms with E-state index in [2.05, 4.69) is 17.2 Å². The maximum Gasteiger partial charge on any atom is 0.224 e. The molecule has 1 aromatic carbocycles. The van der Waals surface area contributed by atoms with Crippen LogP contribution in [0.3, 0.4) is 0 Å². The van der Waals surface area contributed by atoms with E-state index in [1.807, 2.05) is 39.0 Å². The summed E-state index contributed by atoms with van der Waals surface area (Å²) in [6.45, 7) is 9.82. The molecule has 1 unspecified atom stereocenters. The van der Waals surface area contributed by atoms with Gasteiger partial charge in [0.25, 0.3) is 0 Å². The molecule has 3 nitrogen and oxygen atoms in total. The average Bonchev–Trinajstić information content (AvgIpc) is 2.39. The fraction of sp³-hybridized carbons (Fsp3) is 0.400. The minimum Gasteiger partial charge on any atom is -0.377 e. The van der Waals surface area contributed by atoms with Crippen molar-refractivity contribution in [1.82, 2.24) is 5.32 Å². The summed E-state index contributed by atoms with van der Waals surface area (Å²) in [5.74, 6) is 0.0370. The molecule has 1 aliphatic rings. The Hall–Kier alpha value is -1.48. The van der Waals surface area contributed by atoms with E-state index in [-0.39, 0.29) is 11.9 Å². The van der Waals surface area contributed by atoms with Gasteiger partial charge in [0.15, 0.2) is 0 Å². The molecule has 104 valence electrons. The highest BCUT2D eigenvalue weighted by Crippen LogP contribution is 2.23. The van der Waals surface area contributed by atoms with Crippen LogP contribution in [0.4, 0.5) is 5.69 Å². The maximum absolute atomic E-state index is 11.1. The third-order valence-corrected chi connectivity index (χ3v) is 3.30. The smallest absolute Gasteiger partial charge is 0.224 e. The normalized spacial score (nSPS) is 18.2. The van der Waals surface area contributed by atoms with Crippen LogP contribution in [-0.4, -0.2) is 11.9 Å². The third kappa shape index (κ3) is 4.28. The number of rotatable bonds is 2. The number of halogens is 1. The molecule has 2 rings (SSSR count). The Morgan fingerprint density at radius 3 is 2.68 bits per heavy atom. The van der Waals surface area contributed by atoms with Gasteiger partial charge >= 0.3 is 0 Å². The number of anilines is 1. The fourth-order valence-corrected chi connectivity index (χ4v) is 2.00. The zero-order valence-corrected chi connectivity index (χ0v) is 12.5. The standard InChI is InChI=1S/C13H15ClN2O.C2H6/c1-8-3-4-10(7-11(8)14)16-12-5-6-13(17)15-9(12)2;1-2/h3-4,7,12,16H,2,5-6H2,1H3,(H,15,17);1-2H3. The van der Waals surface area contributed by atoms with Crippen molar-refractivity contribution in [2.75, 3.05) is 5.32 Å². The number of carbonyl (C=O) groups is 1. The Kier molecular flexibility index (Phi) is 5.90. The molecule has 1 aliphatic heterocycles. The van der Waals surface area contributed by atoms with E-state index in [1.165, 1.54) is 0 Å². The predicted molar refractivity (Wildman–Crippen MR) is 81.5 cm³/mol. The quantitative estimate of drug-likeness (QED) is 0.863. The van der Waals surface area contributed by atoms with Crippen LogP contribution in [0.2, 0.25) is 5.02 Å². The van der Waals surface area contributed by atoms with Gasteiger partial charge in [-0.25, -0.2) is 0 Å². The first-order chi connectivity index (χ1) is 9.06. The minimum absolute atomic E-state index is 0.0370. The van der Waals surface area contributed by atoms with Crippen LogP contribution in [0.15, 0.2) is 30.5 Å². The first-order valence-corrected chi connectivity index (χ1v) is 6.95. The van der Waals surface area contributed by atoms with Crippen LogP contribution in [0.1, 0.15) is 32.3 Å². The van der Waals surface area contributed by atoms with Gasteiger partial charge in [-0.2, -0.15) is 0 Å². The lowest BCUT2D eigenvalue weighted by atomic mass is 10.0. The van der Waals surface area contributed by atoms with E-state index in [0.717, 1.165) is 28.4 Å². The van der Waals surface area contributed by atoms with Crippen LogP contribution in [-0.2, 0) is 4.79 Å². The van der Waals surface area contributed by atoms with Crippen molar-refractivity contribution in [2.45, 2.75) is 39.7 Å². The second-order valence-electron chi connectivity index (χ2n) is 4.27. The van der Waals surface area contributed by atoms with Crippen LogP contribution in [0.5, 0.6) is 0 Å². The largest absolute Gasteiger partial charge is 0.377 e. The van der Waals surface area contributed by atoms with E-state index >= 15 is 0 Å². The minimum atomic E-state index is 0.0370. The summed E-state index contributed by atoms with van der Waals surface area (Å²) in [5, 5.41) is 6.80. The van der Waals surface area contributed by atoms with E-state index in [1.54, 1.807) is 0 Å². The summed E-state index contributed by atoms with van der Waals surface area (Å²) in [6.07, 6.45) is 1.28. The van der Waals surface area contributed by atoms with Gasteiger partial charge in [-0.15, -0.1) is 0 Å². The van der Waals surface area contributed by atoms with Crippen molar-refractivity contribution in [3.05, 3.63) is 41.1 Å². The highest BCUT2D eigenvalue weighted by Gasteiger charge is 2.21. The average molecular weight is 281 g/mol. The molecule has 1 aromatic rings. The summed E-state index contributed by atoms with van der Waals surface area (Å²) in [7, 11) is 0. The summed E-state index contributed by atoms with van der Waals surface area (Å²) in [4.78, 5) is 11.1. The number of hydrogen-bond acceptors (Lipinski definition) is 2. The molecule has 1 atom stereocenters. The van der Waals surface area contributed by atoms with E-state index in [9.17, 15) is 4.79 Å². The predicted octanol–water partition coefficient (Wildman–Crippen LogP) is 3.88. The summed E-state index contributed by atoms with van der Waals surface area (Å²) < 4.78 is 0. The molecular formula is C15H21ClN2O. The summed E-state index contributed by atoms with van der Waals surface area (Å²) in [6, 6.07) is 5.91. The van der Waals surface area contributed by atoms with Crippen LogP contribution in [0.25, 0.3) is 0 Å². The van der Waals surface area contributed by atoms with Crippen molar-refractivity contribution in [2.24, 2.45) is 0 Å². The van der Waals surface area contributed by atoms with Gasteiger partial charge in [-0.1, -0.05) is 38.1 Å². The van der Waals surface area contributed by atoms with Crippen LogP contribution in [0, 0.1) is 6.92 Å². The highest BCUT2D eigenvalue weighted by molar-refractivity contribution is 6.31. The first-order valence-electron chi connectivity index (χ1n) is 6.57. The lowest BCUT2D eigenvalue weighted by Crippen LogP contribution is -2.39. The van der Waals surface area contributed by atoms with Crippen molar-refractivity contribution < 1.29 is 4.79 Å². The molecule has 1 amide bonds. The molecule has 1 fully saturated rings. The molecule has 0 aliphatic carbocycles. The number of benzene rings is 1. The zero-order chi connectivity index (χ0) is 14.4. The Bertz CT molecular complexity index is 471. The van der Waals surface area contributed by atoms with Gasteiger partial charge < -0.3 is 10.6 Å². The molecule has 1 saturated heterocycles. The highest BCUT2D eigenvalue weighted by atomic mass is 35.5. The Balaban J connectivity index is 0.000000861. The lowest BCUT2D eigenvalue weighted by molar-refractivity contribution is -0.121. The van der Waals surface area contributed by atoms with Crippen molar-refractivity contribution in [3.63, 3.8) is 0 Å².